The molecular formula is C39H74O6. The van der Waals surface area contributed by atoms with Crippen LogP contribution < -0.4 is 0 Å². The van der Waals surface area contributed by atoms with Gasteiger partial charge in [-0.05, 0) is 64.2 Å². The monoisotopic (exact) mass is 639 g/mol. The largest absolute Gasteiger partial charge is 0.412 e. The molecule has 0 amide bonds. The molecule has 6 heteroatoms. The number of allylic oxidation sites excluding steroid dienone is 4. The highest BCUT2D eigenvalue weighted by Crippen LogP contribution is 2.15. The van der Waals surface area contributed by atoms with Crippen molar-refractivity contribution in [3.63, 3.8) is 0 Å². The summed E-state index contributed by atoms with van der Waals surface area (Å²) in [5, 5.41) is 30.6. The van der Waals surface area contributed by atoms with Gasteiger partial charge in [0.05, 0.1) is 0 Å². The van der Waals surface area contributed by atoms with E-state index in [9.17, 15) is 24.9 Å². The van der Waals surface area contributed by atoms with Crippen LogP contribution >= 0.6 is 0 Å². The van der Waals surface area contributed by atoms with Crippen LogP contribution in [-0.2, 0) is 9.59 Å². The van der Waals surface area contributed by atoms with Crippen molar-refractivity contribution in [2.24, 2.45) is 0 Å². The molecular weight excluding hydrogens is 564 g/mol. The van der Waals surface area contributed by atoms with Gasteiger partial charge in [0.1, 0.15) is 18.3 Å². The van der Waals surface area contributed by atoms with Gasteiger partial charge in [-0.2, -0.15) is 0 Å². The summed E-state index contributed by atoms with van der Waals surface area (Å²) < 4.78 is 0. The van der Waals surface area contributed by atoms with Crippen LogP contribution in [0.2, 0.25) is 0 Å². The lowest BCUT2D eigenvalue weighted by molar-refractivity contribution is -0.146. The van der Waals surface area contributed by atoms with Crippen molar-refractivity contribution in [2.75, 3.05) is 0 Å². The van der Waals surface area contributed by atoms with Crippen LogP contribution in [0.15, 0.2) is 24.3 Å². The van der Waals surface area contributed by atoms with E-state index in [-0.39, 0.29) is 18.3 Å². The highest BCUT2D eigenvalue weighted by Gasteiger charge is 2.33. The van der Waals surface area contributed by atoms with Crippen molar-refractivity contribution in [1.82, 2.24) is 0 Å². The Morgan fingerprint density at radius 3 is 0.956 bits per heavy atom. The highest BCUT2D eigenvalue weighted by atomic mass is 16.4. The SMILES string of the molecule is CCCCCCCC/C=C\CCCCCCCC(=O)C(O)C(O)C(O)C(=O)CCCCCCC/C=C\CCCCCCCC.O. The Bertz CT molecular complexity index is 646. The predicted molar refractivity (Wildman–Crippen MR) is 191 cm³/mol. The molecule has 266 valence electrons. The van der Waals surface area contributed by atoms with Crippen molar-refractivity contribution in [2.45, 2.75) is 212 Å². The Labute approximate surface area is 277 Å². The van der Waals surface area contributed by atoms with Gasteiger partial charge in [0.25, 0.3) is 0 Å². The summed E-state index contributed by atoms with van der Waals surface area (Å²) in [6.45, 7) is 4.49. The van der Waals surface area contributed by atoms with Crippen LogP contribution in [0.1, 0.15) is 194 Å². The normalized spacial score (nSPS) is 13.7. The highest BCUT2D eigenvalue weighted by molar-refractivity contribution is 5.87. The minimum atomic E-state index is -1.75. The fraction of sp³-hybridized carbons (Fsp3) is 0.846. The molecule has 2 unspecified atom stereocenters. The van der Waals surface area contributed by atoms with E-state index in [2.05, 4.69) is 38.2 Å². The number of carbonyl (C=O) groups excluding carboxylic acids is 2. The zero-order valence-electron chi connectivity index (χ0n) is 29.5. The van der Waals surface area contributed by atoms with Crippen LogP contribution in [-0.4, -0.2) is 50.7 Å². The van der Waals surface area contributed by atoms with Gasteiger partial charge in [-0.15, -0.1) is 0 Å². The molecule has 2 atom stereocenters. The smallest absolute Gasteiger partial charge is 0.164 e. The number of carbonyl (C=O) groups is 2. The molecule has 0 saturated carbocycles. The van der Waals surface area contributed by atoms with E-state index in [1.165, 1.54) is 89.9 Å². The molecule has 0 aliphatic rings. The minimum absolute atomic E-state index is 0. The van der Waals surface area contributed by atoms with Crippen molar-refractivity contribution < 1.29 is 30.4 Å². The summed E-state index contributed by atoms with van der Waals surface area (Å²) in [5.41, 5.74) is 0. The summed E-state index contributed by atoms with van der Waals surface area (Å²) in [6, 6.07) is 0. The van der Waals surface area contributed by atoms with Crippen LogP contribution in [0, 0.1) is 0 Å². The first-order chi connectivity index (χ1) is 21.5. The van der Waals surface area contributed by atoms with E-state index in [1.54, 1.807) is 0 Å². The molecule has 0 spiro atoms. The maximum absolute atomic E-state index is 12.3. The van der Waals surface area contributed by atoms with Crippen molar-refractivity contribution in [3.05, 3.63) is 24.3 Å². The standard InChI is InChI=1S/C39H72O5.H2O/c1-3-5-7-9-11-13-15-17-19-21-23-25-27-29-31-33-35(40)37(42)39(44)38(43)36(41)34-32-30-28-26-24-22-20-18-16-14-12-10-8-6-4-2;/h17-20,37-39,42-44H,3-16,21-34H2,1-2H3;1H2/b19-17-,20-18-;. The summed E-state index contributed by atoms with van der Waals surface area (Å²) in [4.78, 5) is 24.6. The topological polar surface area (TPSA) is 126 Å². The first-order valence-corrected chi connectivity index (χ1v) is 18.8. The Morgan fingerprint density at radius 1 is 0.422 bits per heavy atom. The third kappa shape index (κ3) is 29.8. The molecule has 0 saturated heterocycles. The Kier molecular flexibility index (Phi) is 36.1. The quantitative estimate of drug-likeness (QED) is 0.0478. The number of aliphatic hydroxyl groups excluding tert-OH is 3. The van der Waals surface area contributed by atoms with E-state index < -0.39 is 29.9 Å². The molecule has 0 rings (SSSR count). The number of unbranched alkanes of at least 4 members (excludes halogenated alkanes) is 22. The number of ketones is 2. The van der Waals surface area contributed by atoms with Crippen molar-refractivity contribution in [3.8, 4) is 0 Å². The molecule has 0 aromatic heterocycles. The number of rotatable bonds is 34. The van der Waals surface area contributed by atoms with E-state index in [0.717, 1.165) is 64.2 Å². The number of hydrogen-bond donors (Lipinski definition) is 3. The van der Waals surface area contributed by atoms with Gasteiger partial charge in [0, 0.05) is 12.8 Å². The molecule has 0 heterocycles. The van der Waals surface area contributed by atoms with E-state index in [0.29, 0.717) is 12.8 Å². The zero-order valence-corrected chi connectivity index (χ0v) is 29.5. The summed E-state index contributed by atoms with van der Waals surface area (Å²) in [7, 11) is 0. The second-order valence-corrected chi connectivity index (χ2v) is 13.0. The first kappa shape index (κ1) is 45.8. The maximum atomic E-state index is 12.3. The summed E-state index contributed by atoms with van der Waals surface area (Å²) in [6.07, 6.45) is 34.6. The second kappa shape index (κ2) is 35.5. The first-order valence-electron chi connectivity index (χ1n) is 18.8. The number of hydrogen-bond acceptors (Lipinski definition) is 5. The summed E-state index contributed by atoms with van der Waals surface area (Å²) in [5.74, 6) is -0.994. The van der Waals surface area contributed by atoms with Gasteiger partial charge in [0.2, 0.25) is 0 Å². The van der Waals surface area contributed by atoms with E-state index >= 15 is 0 Å². The molecule has 45 heavy (non-hydrogen) atoms. The molecule has 0 aliphatic heterocycles. The van der Waals surface area contributed by atoms with Gasteiger partial charge in [-0.3, -0.25) is 9.59 Å². The van der Waals surface area contributed by atoms with E-state index in [1.807, 2.05) is 0 Å². The molecule has 0 bridgehead atoms. The molecule has 0 fully saturated rings. The fourth-order valence-corrected chi connectivity index (χ4v) is 5.59. The van der Waals surface area contributed by atoms with Crippen molar-refractivity contribution >= 4 is 11.6 Å². The van der Waals surface area contributed by atoms with Crippen molar-refractivity contribution in [1.29, 1.82) is 0 Å². The predicted octanol–water partition coefficient (Wildman–Crippen LogP) is 9.46. The average molecular weight is 639 g/mol. The molecule has 5 N–H and O–H groups in total. The lowest BCUT2D eigenvalue weighted by atomic mass is 9.95. The van der Waals surface area contributed by atoms with Gasteiger partial charge in [0.15, 0.2) is 11.6 Å². The van der Waals surface area contributed by atoms with Gasteiger partial charge < -0.3 is 20.8 Å². The third-order valence-corrected chi connectivity index (χ3v) is 8.68. The van der Waals surface area contributed by atoms with Crippen LogP contribution in [0.4, 0.5) is 0 Å². The van der Waals surface area contributed by atoms with Crippen LogP contribution in [0.3, 0.4) is 0 Å². The third-order valence-electron chi connectivity index (χ3n) is 8.68. The van der Waals surface area contributed by atoms with Gasteiger partial charge in [-0.1, -0.05) is 141 Å². The number of Topliss-reactive ketones (excluding diaryl/α,β-unsaturated/α-hetero) is 2. The maximum Gasteiger partial charge on any atom is 0.164 e. The molecule has 0 radical (unpaired) electrons. The van der Waals surface area contributed by atoms with Gasteiger partial charge in [-0.25, -0.2) is 0 Å². The van der Waals surface area contributed by atoms with Crippen LogP contribution in [0.25, 0.3) is 0 Å². The Balaban J connectivity index is 0. The van der Waals surface area contributed by atoms with E-state index in [4.69, 9.17) is 0 Å². The lowest BCUT2D eigenvalue weighted by Crippen LogP contribution is -2.45. The second-order valence-electron chi connectivity index (χ2n) is 13.0. The molecule has 0 aromatic carbocycles. The average Bonchev–Trinajstić information content (AvgIpc) is 3.03. The number of aliphatic hydroxyl groups is 3. The molecule has 0 aliphatic carbocycles. The summed E-state index contributed by atoms with van der Waals surface area (Å²) >= 11 is 0. The fourth-order valence-electron chi connectivity index (χ4n) is 5.59. The molecule has 0 aromatic rings. The molecule has 6 nitrogen and oxygen atoms in total. The minimum Gasteiger partial charge on any atom is -0.412 e. The van der Waals surface area contributed by atoms with Crippen LogP contribution in [0.5, 0.6) is 0 Å². The zero-order chi connectivity index (χ0) is 32.5. The lowest BCUT2D eigenvalue weighted by Gasteiger charge is -2.21. The Morgan fingerprint density at radius 2 is 0.667 bits per heavy atom. The van der Waals surface area contributed by atoms with Gasteiger partial charge >= 0.3 is 0 Å². The Hall–Kier alpha value is -1.34.